The van der Waals surface area contributed by atoms with Crippen LogP contribution in [0.1, 0.15) is 17.2 Å². The number of fused-ring (bicyclic) bond motifs is 1. The van der Waals surface area contributed by atoms with Gasteiger partial charge in [-0.1, -0.05) is 97.1 Å². The Balaban J connectivity index is 1.47. The largest absolute Gasteiger partial charge is 0.370 e. The van der Waals surface area contributed by atoms with Gasteiger partial charge in [-0.25, -0.2) is 40.7 Å². The molecular weight excluding hydrogens is 993 g/mol. The molecule has 398 valence electrons. The fraction of sp³-hybridized carbons (Fsp3) is 0.156. The summed E-state index contributed by atoms with van der Waals surface area (Å²) in [6, 6.07) is 28.4. The van der Waals surface area contributed by atoms with Crippen LogP contribution in [0.25, 0.3) is 28.4 Å². The quantitative estimate of drug-likeness (QED) is 0.00906. The fourth-order valence-electron chi connectivity index (χ4n) is 6.71. The number of carbonyl (C=O) groups excluding carboxylic acids is 6. The second kappa shape index (κ2) is 26.7. The highest BCUT2D eigenvalue weighted by Gasteiger charge is 2.35. The number of benzene rings is 4. The van der Waals surface area contributed by atoms with E-state index in [1.54, 1.807) is 91.0 Å². The Bertz CT molecular complexity index is 3020. The van der Waals surface area contributed by atoms with Crippen LogP contribution < -0.4 is 88.6 Å². The highest BCUT2D eigenvalue weighted by molar-refractivity contribution is 6.00. The minimum Gasteiger partial charge on any atom is -0.370 e. The van der Waals surface area contributed by atoms with E-state index in [0.717, 1.165) is 0 Å². The topological polar surface area (TPSA) is 537 Å². The number of primary amides is 1. The maximum absolute atomic E-state index is 14.5. The van der Waals surface area contributed by atoms with Gasteiger partial charge in [0.2, 0.25) is 36.8 Å². The van der Waals surface area contributed by atoms with Gasteiger partial charge in [-0.3, -0.25) is 28.8 Å². The molecular formula is C45H54N22O9. The van der Waals surface area contributed by atoms with Crippen molar-refractivity contribution in [2.24, 2.45) is 71.6 Å². The molecule has 0 aliphatic carbocycles. The number of anilines is 2. The van der Waals surface area contributed by atoms with E-state index < -0.39 is 96.2 Å². The van der Waals surface area contributed by atoms with Crippen molar-refractivity contribution < 1.29 is 44.1 Å². The van der Waals surface area contributed by atoms with Gasteiger partial charge in [0.1, 0.15) is 11.9 Å². The smallest absolute Gasteiger partial charge is 0.271 e. The molecule has 0 aliphatic heterocycles. The summed E-state index contributed by atoms with van der Waals surface area (Å²) >= 11 is 0. The molecule has 5 aromatic rings. The summed E-state index contributed by atoms with van der Waals surface area (Å²) < 4.78 is 0. The molecule has 0 saturated carbocycles. The molecule has 4 aromatic carbocycles. The predicted octanol–water partition coefficient (Wildman–Crippen LogP) is -4.84. The fourth-order valence-corrected chi connectivity index (χ4v) is 6.71. The molecule has 31 heteroatoms. The number of aliphatic hydroxyl groups excluding tert-OH is 1. The normalized spacial score (nSPS) is 13.1. The van der Waals surface area contributed by atoms with Crippen LogP contribution >= 0.6 is 0 Å². The number of guanidine groups is 4. The summed E-state index contributed by atoms with van der Waals surface area (Å²) in [5, 5.41) is 32.3. The standard InChI is InChI=1S/C45H54N22O9/c46-29(68)31(62-42(47)48)58-37(70)33(64-44(51)52)60-39(72)34(65-45(53)54)61-38(71)32(63-43(49)50)59-36(69)28(23-11-3-1-4-12-23)56-40(73)41(74)67(21-9-10-22-17-19-25(20-18-22)66-76-75)35-26-15-7-8-16-27(26)55-30(57-35)24-13-5-2-6-14-24/h1-20,28,31-34,41,66,74-75H,21H2,(H2,46,68)(H,56,73)(H,58,70)(H,59,69)(H,60,72)(H,61,71)(H4,47,48,62)(H4,49,50,63)(H4,51,52,64)(H4,53,54,65)/b10-9-. The SMILES string of the molecule is NC(=O)C(N=C(N)N)NC(=O)C(N=C(N)N)NC(=O)C(N=C(N)N)NC(=O)C(N=C(N)N)NC(=O)C(NC(=O)C(O)N(C/C=C\c1ccc(NOO)cc1)c1nc(-c2ccccc2)nc2ccccc12)c1ccccc1. The van der Waals surface area contributed by atoms with E-state index in [2.05, 4.69) is 46.4 Å². The first-order chi connectivity index (χ1) is 36.2. The molecule has 0 saturated heterocycles. The zero-order chi connectivity index (χ0) is 55.5. The van der Waals surface area contributed by atoms with Crippen LogP contribution in [0.2, 0.25) is 0 Å². The predicted molar refractivity (Wildman–Crippen MR) is 279 cm³/mol. The van der Waals surface area contributed by atoms with Crippen molar-refractivity contribution in [3.8, 4) is 11.4 Å². The molecule has 0 fully saturated rings. The van der Waals surface area contributed by atoms with Gasteiger partial charge in [-0.15, -0.1) is 4.99 Å². The number of hydrogen-bond donors (Lipinski definition) is 17. The van der Waals surface area contributed by atoms with Crippen molar-refractivity contribution in [3.05, 3.63) is 126 Å². The Labute approximate surface area is 430 Å². The molecule has 0 aliphatic rings. The minimum atomic E-state index is -2.17. The Morgan fingerprint density at radius 1 is 0.566 bits per heavy atom. The lowest BCUT2D eigenvalue weighted by atomic mass is 10.1. The Hall–Kier alpha value is -10.7. The molecule has 1 heterocycles. The summed E-state index contributed by atoms with van der Waals surface area (Å²) in [6.45, 7) is -0.174. The van der Waals surface area contributed by atoms with Gasteiger partial charge in [-0.2, -0.15) is 0 Å². The third-order valence-corrected chi connectivity index (χ3v) is 10.0. The van der Waals surface area contributed by atoms with E-state index in [4.69, 9.17) is 66.8 Å². The van der Waals surface area contributed by atoms with Crippen LogP contribution in [0.15, 0.2) is 135 Å². The van der Waals surface area contributed by atoms with Crippen LogP contribution in [0.5, 0.6) is 0 Å². The number of nitrogens with one attached hydrogen (secondary N) is 6. The maximum atomic E-state index is 14.5. The van der Waals surface area contributed by atoms with E-state index in [9.17, 15) is 33.9 Å². The van der Waals surface area contributed by atoms with Gasteiger partial charge in [0, 0.05) is 17.5 Å². The molecule has 5 rings (SSSR count). The molecule has 0 spiro atoms. The molecule has 31 nitrogen and oxygen atoms in total. The highest BCUT2D eigenvalue weighted by atomic mass is 17.2. The molecule has 76 heavy (non-hydrogen) atoms. The van der Waals surface area contributed by atoms with E-state index >= 15 is 0 Å². The van der Waals surface area contributed by atoms with Crippen molar-refractivity contribution in [1.82, 2.24) is 36.6 Å². The number of para-hydroxylation sites is 1. The Morgan fingerprint density at radius 2 is 1.04 bits per heavy atom. The number of nitrogens with zero attached hydrogens (tertiary/aromatic N) is 7. The van der Waals surface area contributed by atoms with Crippen LogP contribution in [0.4, 0.5) is 11.5 Å². The average molecular weight is 1050 g/mol. The lowest BCUT2D eigenvalue weighted by Crippen LogP contribution is -2.58. The summed E-state index contributed by atoms with van der Waals surface area (Å²) in [5.74, 6) is -10.2. The first kappa shape index (κ1) is 56.3. The number of hydrogen-bond acceptors (Lipinski definition) is 17. The Kier molecular flexibility index (Phi) is 19.8. The first-order valence-corrected chi connectivity index (χ1v) is 22.1. The van der Waals surface area contributed by atoms with Gasteiger partial charge in [0.05, 0.1) is 11.2 Å². The highest BCUT2D eigenvalue weighted by Crippen LogP contribution is 2.29. The summed E-state index contributed by atoms with van der Waals surface area (Å²) in [6.07, 6.45) is -7.03. The van der Waals surface area contributed by atoms with Crippen molar-refractivity contribution in [2.45, 2.75) is 36.9 Å². The molecule has 6 unspecified atom stereocenters. The summed E-state index contributed by atoms with van der Waals surface area (Å²) in [4.78, 5) is 111. The van der Waals surface area contributed by atoms with E-state index in [-0.39, 0.29) is 23.8 Å². The summed E-state index contributed by atoms with van der Waals surface area (Å²) in [5.41, 5.74) is 53.8. The van der Waals surface area contributed by atoms with Crippen molar-refractivity contribution in [2.75, 3.05) is 16.9 Å². The number of aliphatic hydroxyl groups is 1. The summed E-state index contributed by atoms with van der Waals surface area (Å²) in [7, 11) is 0. The number of amides is 6. The molecule has 0 radical (unpaired) electrons. The maximum Gasteiger partial charge on any atom is 0.271 e. The second-order valence-corrected chi connectivity index (χ2v) is 15.6. The van der Waals surface area contributed by atoms with Gasteiger partial charge in [-0.05, 0) is 35.4 Å². The van der Waals surface area contributed by atoms with E-state index in [0.29, 0.717) is 27.7 Å². The van der Waals surface area contributed by atoms with E-state index in [1.807, 2.05) is 16.7 Å². The molecule has 1 aromatic heterocycles. The molecule has 6 amide bonds. The van der Waals surface area contributed by atoms with Gasteiger partial charge >= 0.3 is 0 Å². The van der Waals surface area contributed by atoms with Gasteiger partial charge in [0.15, 0.2) is 29.7 Å². The number of rotatable bonds is 24. The van der Waals surface area contributed by atoms with Crippen LogP contribution in [-0.4, -0.2) is 117 Å². The number of aromatic nitrogens is 2. The molecule has 6 atom stereocenters. The lowest BCUT2D eigenvalue weighted by Gasteiger charge is -2.30. The van der Waals surface area contributed by atoms with Gasteiger partial charge < -0.3 is 88.2 Å². The van der Waals surface area contributed by atoms with Crippen molar-refractivity contribution in [1.29, 1.82) is 0 Å². The van der Waals surface area contributed by atoms with Crippen molar-refractivity contribution >= 4 is 87.8 Å². The van der Waals surface area contributed by atoms with Gasteiger partial charge in [0.25, 0.3) is 29.5 Å². The molecule has 0 bridgehead atoms. The van der Waals surface area contributed by atoms with Crippen LogP contribution in [-0.2, 0) is 33.8 Å². The first-order valence-electron chi connectivity index (χ1n) is 22.1. The monoisotopic (exact) mass is 1050 g/mol. The average Bonchev–Trinajstić information content (AvgIpc) is 3.39. The van der Waals surface area contributed by atoms with Crippen LogP contribution in [0, 0.1) is 0 Å². The molecule has 26 N–H and O–H groups in total. The van der Waals surface area contributed by atoms with E-state index in [1.165, 1.54) is 29.2 Å². The Morgan fingerprint density at radius 3 is 1.55 bits per heavy atom. The number of carbonyl (C=O) groups is 6. The van der Waals surface area contributed by atoms with Crippen molar-refractivity contribution in [3.63, 3.8) is 0 Å². The lowest BCUT2D eigenvalue weighted by molar-refractivity contribution is -0.215. The van der Waals surface area contributed by atoms with Crippen LogP contribution in [0.3, 0.4) is 0 Å². The zero-order valence-corrected chi connectivity index (χ0v) is 39.8. The number of aliphatic imine (C=N–C) groups is 4. The number of nitrogens with two attached hydrogens (primary N) is 9. The third kappa shape index (κ3) is 16.2. The minimum absolute atomic E-state index is 0.118. The third-order valence-electron chi connectivity index (χ3n) is 10.0. The second-order valence-electron chi connectivity index (χ2n) is 15.6. The zero-order valence-electron chi connectivity index (χ0n) is 39.8.